The van der Waals surface area contributed by atoms with Crippen LogP contribution < -0.4 is 5.32 Å². The Hall–Kier alpha value is -0.160. The van der Waals surface area contributed by atoms with E-state index >= 15 is 0 Å². The van der Waals surface area contributed by atoms with E-state index in [1.807, 2.05) is 7.05 Å². The molecule has 1 unspecified atom stereocenters. The van der Waals surface area contributed by atoms with E-state index in [-0.39, 0.29) is 12.1 Å². The zero-order valence-corrected chi connectivity index (χ0v) is 11.9. The molecule has 0 saturated carbocycles. The van der Waals surface area contributed by atoms with Gasteiger partial charge in [0, 0.05) is 32.0 Å². The third-order valence-electron chi connectivity index (χ3n) is 3.91. The number of rotatable bonds is 9. The molecule has 0 radical (unpaired) electrons. The zero-order valence-electron chi connectivity index (χ0n) is 11.9. The van der Waals surface area contributed by atoms with Crippen LogP contribution >= 0.6 is 0 Å². The first-order valence-electron chi connectivity index (χ1n) is 7.15. The maximum Gasteiger partial charge on any atom is 0.0610 e. The highest BCUT2D eigenvalue weighted by Gasteiger charge is 2.19. The minimum absolute atomic E-state index is 0.138. The van der Waals surface area contributed by atoms with E-state index in [9.17, 15) is 5.11 Å². The molecule has 1 aliphatic rings. The van der Waals surface area contributed by atoms with Crippen LogP contribution in [0.25, 0.3) is 0 Å². The van der Waals surface area contributed by atoms with Crippen molar-refractivity contribution in [2.75, 3.05) is 40.1 Å². The Bertz CT molecular complexity index is 201. The Morgan fingerprint density at radius 2 is 2.06 bits per heavy atom. The molecule has 0 aromatic rings. The molecule has 1 fully saturated rings. The summed E-state index contributed by atoms with van der Waals surface area (Å²) in [5.74, 6) is 0.693. The summed E-state index contributed by atoms with van der Waals surface area (Å²) in [6, 6.07) is 0. The molecule has 108 valence electrons. The van der Waals surface area contributed by atoms with Crippen molar-refractivity contribution >= 4 is 0 Å². The minimum atomic E-state index is -0.138. The third-order valence-corrected chi connectivity index (χ3v) is 3.91. The molecule has 1 rings (SSSR count). The van der Waals surface area contributed by atoms with E-state index in [4.69, 9.17) is 9.47 Å². The molecule has 1 saturated heterocycles. The summed E-state index contributed by atoms with van der Waals surface area (Å²) in [6.07, 6.45) is 5.43. The van der Waals surface area contributed by atoms with Gasteiger partial charge in [-0.15, -0.1) is 0 Å². The van der Waals surface area contributed by atoms with Crippen molar-refractivity contribution in [3.63, 3.8) is 0 Å². The van der Waals surface area contributed by atoms with Gasteiger partial charge in [-0.25, -0.2) is 0 Å². The van der Waals surface area contributed by atoms with E-state index in [0.717, 1.165) is 58.5 Å². The number of aliphatic hydroxyl groups is 1. The second kappa shape index (κ2) is 8.86. The fourth-order valence-corrected chi connectivity index (χ4v) is 2.17. The van der Waals surface area contributed by atoms with Gasteiger partial charge in [0.1, 0.15) is 0 Å². The largest absolute Gasteiger partial charge is 0.394 e. The van der Waals surface area contributed by atoms with E-state index < -0.39 is 0 Å². The van der Waals surface area contributed by atoms with E-state index in [1.54, 1.807) is 0 Å². The molecule has 0 aliphatic carbocycles. The molecule has 0 amide bonds. The Kier molecular flexibility index (Phi) is 7.82. The smallest absolute Gasteiger partial charge is 0.0610 e. The molecular weight excluding hydrogens is 230 g/mol. The summed E-state index contributed by atoms with van der Waals surface area (Å²) in [5.41, 5.74) is -0.138. The predicted octanol–water partition coefficient (Wildman–Crippen LogP) is 1.57. The monoisotopic (exact) mass is 259 g/mol. The second-order valence-electron chi connectivity index (χ2n) is 5.56. The molecule has 0 aromatic heterocycles. The van der Waals surface area contributed by atoms with Crippen LogP contribution in [0.5, 0.6) is 0 Å². The SMILES string of the molecule is CNC(C)(CO)CCCCOCC1CCOCC1. The third kappa shape index (κ3) is 6.14. The summed E-state index contributed by atoms with van der Waals surface area (Å²) in [6.45, 7) is 5.74. The molecule has 2 N–H and O–H groups in total. The fourth-order valence-electron chi connectivity index (χ4n) is 2.17. The summed E-state index contributed by atoms with van der Waals surface area (Å²) in [5, 5.41) is 12.4. The van der Waals surface area contributed by atoms with Crippen LogP contribution in [-0.4, -0.2) is 50.7 Å². The second-order valence-corrected chi connectivity index (χ2v) is 5.56. The molecule has 0 aromatic carbocycles. The highest BCUT2D eigenvalue weighted by molar-refractivity contribution is 4.79. The van der Waals surface area contributed by atoms with Crippen molar-refractivity contribution in [3.05, 3.63) is 0 Å². The predicted molar refractivity (Wildman–Crippen MR) is 72.8 cm³/mol. The number of unbranched alkanes of at least 4 members (excludes halogenated alkanes) is 1. The van der Waals surface area contributed by atoms with E-state index in [1.165, 1.54) is 0 Å². The Labute approximate surface area is 111 Å². The first kappa shape index (κ1) is 15.9. The summed E-state index contributed by atoms with van der Waals surface area (Å²) < 4.78 is 11.0. The molecule has 18 heavy (non-hydrogen) atoms. The van der Waals surface area contributed by atoms with E-state index in [2.05, 4.69) is 12.2 Å². The normalized spacial score (nSPS) is 20.8. The first-order valence-corrected chi connectivity index (χ1v) is 7.15. The lowest BCUT2D eigenvalue weighted by Crippen LogP contribution is -2.43. The molecule has 0 bridgehead atoms. The van der Waals surface area contributed by atoms with Crippen LogP contribution in [0.1, 0.15) is 39.0 Å². The van der Waals surface area contributed by atoms with Crippen molar-refractivity contribution in [2.24, 2.45) is 5.92 Å². The van der Waals surface area contributed by atoms with Crippen molar-refractivity contribution in [1.29, 1.82) is 0 Å². The molecular formula is C14H29NO3. The van der Waals surface area contributed by atoms with Gasteiger partial charge in [0.2, 0.25) is 0 Å². The van der Waals surface area contributed by atoms with Crippen LogP contribution in [0.2, 0.25) is 0 Å². The average Bonchev–Trinajstić information content (AvgIpc) is 2.43. The quantitative estimate of drug-likeness (QED) is 0.617. The maximum absolute atomic E-state index is 9.25. The summed E-state index contributed by atoms with van der Waals surface area (Å²) in [7, 11) is 1.90. The minimum Gasteiger partial charge on any atom is -0.394 e. The summed E-state index contributed by atoms with van der Waals surface area (Å²) >= 11 is 0. The zero-order chi connectivity index (χ0) is 13.3. The van der Waals surface area contributed by atoms with Crippen LogP contribution in [-0.2, 0) is 9.47 Å². The van der Waals surface area contributed by atoms with Gasteiger partial charge >= 0.3 is 0 Å². The molecule has 1 aliphatic heterocycles. The highest BCUT2D eigenvalue weighted by atomic mass is 16.5. The van der Waals surface area contributed by atoms with Gasteiger partial charge in [0.05, 0.1) is 6.61 Å². The highest BCUT2D eigenvalue weighted by Crippen LogP contribution is 2.16. The first-order chi connectivity index (χ1) is 8.70. The maximum atomic E-state index is 9.25. The number of ether oxygens (including phenoxy) is 2. The number of nitrogens with one attached hydrogen (secondary N) is 1. The van der Waals surface area contributed by atoms with Crippen molar-refractivity contribution in [2.45, 2.75) is 44.6 Å². The number of likely N-dealkylation sites (N-methyl/N-ethyl adjacent to an activating group) is 1. The molecule has 4 nitrogen and oxygen atoms in total. The molecule has 1 heterocycles. The van der Waals surface area contributed by atoms with Crippen LogP contribution in [0.15, 0.2) is 0 Å². The lowest BCUT2D eigenvalue weighted by molar-refractivity contribution is 0.0194. The van der Waals surface area contributed by atoms with Gasteiger partial charge in [-0.2, -0.15) is 0 Å². The number of hydrogen-bond donors (Lipinski definition) is 2. The lowest BCUT2D eigenvalue weighted by Gasteiger charge is -2.26. The van der Waals surface area contributed by atoms with Gasteiger partial charge in [-0.3, -0.25) is 0 Å². The number of hydrogen-bond acceptors (Lipinski definition) is 4. The Morgan fingerprint density at radius 1 is 1.33 bits per heavy atom. The van der Waals surface area contributed by atoms with Gasteiger partial charge in [-0.05, 0) is 52.0 Å². The van der Waals surface area contributed by atoms with Gasteiger partial charge < -0.3 is 19.9 Å². The molecule has 4 heteroatoms. The van der Waals surface area contributed by atoms with Gasteiger partial charge in [0.25, 0.3) is 0 Å². The van der Waals surface area contributed by atoms with Crippen molar-refractivity contribution < 1.29 is 14.6 Å². The van der Waals surface area contributed by atoms with Gasteiger partial charge in [0.15, 0.2) is 0 Å². The molecule has 1 atom stereocenters. The Balaban J connectivity index is 1.95. The summed E-state index contributed by atoms with van der Waals surface area (Å²) in [4.78, 5) is 0. The van der Waals surface area contributed by atoms with E-state index in [0.29, 0.717) is 5.92 Å². The van der Waals surface area contributed by atoms with Crippen LogP contribution in [0, 0.1) is 5.92 Å². The Morgan fingerprint density at radius 3 is 2.67 bits per heavy atom. The average molecular weight is 259 g/mol. The van der Waals surface area contributed by atoms with Crippen LogP contribution in [0.3, 0.4) is 0 Å². The molecule has 0 spiro atoms. The van der Waals surface area contributed by atoms with Gasteiger partial charge in [-0.1, -0.05) is 0 Å². The fraction of sp³-hybridized carbons (Fsp3) is 1.00. The lowest BCUT2D eigenvalue weighted by atomic mass is 9.96. The topological polar surface area (TPSA) is 50.7 Å². The van der Waals surface area contributed by atoms with Crippen molar-refractivity contribution in [3.8, 4) is 0 Å². The van der Waals surface area contributed by atoms with Crippen molar-refractivity contribution in [1.82, 2.24) is 5.32 Å². The standard InChI is InChI=1S/C14H29NO3/c1-14(12-16,15-2)7-3-4-8-18-11-13-5-9-17-10-6-13/h13,15-16H,3-12H2,1-2H3. The van der Waals surface area contributed by atoms with Crippen LogP contribution in [0.4, 0.5) is 0 Å². The number of aliphatic hydroxyl groups excluding tert-OH is 1.